The van der Waals surface area contributed by atoms with E-state index in [9.17, 15) is 4.79 Å². The summed E-state index contributed by atoms with van der Waals surface area (Å²) < 4.78 is 0. The van der Waals surface area contributed by atoms with E-state index in [-0.39, 0.29) is 11.9 Å². The van der Waals surface area contributed by atoms with Gasteiger partial charge in [-0.25, -0.2) is 0 Å². The molecule has 0 bridgehead atoms. The maximum Gasteiger partial charge on any atom is 0.253 e. The van der Waals surface area contributed by atoms with Crippen molar-refractivity contribution in [2.75, 3.05) is 20.1 Å². The smallest absolute Gasteiger partial charge is 0.253 e. The third-order valence-electron chi connectivity index (χ3n) is 6.24. The second-order valence-corrected chi connectivity index (χ2v) is 7.86. The Kier molecular flexibility index (Phi) is 5.13. The molecule has 1 unspecified atom stereocenters. The van der Waals surface area contributed by atoms with Crippen LogP contribution in [0.25, 0.3) is 6.08 Å². The van der Waals surface area contributed by atoms with Crippen molar-refractivity contribution < 1.29 is 4.79 Å². The number of piperidine rings is 1. The summed E-state index contributed by atoms with van der Waals surface area (Å²) in [6.45, 7) is 5.90. The molecule has 3 heteroatoms. The van der Waals surface area contributed by atoms with Crippen molar-refractivity contribution in [1.29, 1.82) is 0 Å². The molecule has 0 N–H and O–H groups in total. The van der Waals surface area contributed by atoms with E-state index in [1.54, 1.807) is 6.08 Å². The number of hydrogen-bond donors (Lipinski definition) is 0. The van der Waals surface area contributed by atoms with Crippen LogP contribution in [0.15, 0.2) is 55.1 Å². The van der Waals surface area contributed by atoms with Crippen LogP contribution in [0.1, 0.15) is 39.9 Å². The SMILES string of the molecule is C=Cc1ccc(C(=O)N(C)C2CCCN(C3Cc4ccccc4C3)C2)cc1. The van der Waals surface area contributed by atoms with Crippen LogP contribution in [0.2, 0.25) is 0 Å². The van der Waals surface area contributed by atoms with Crippen molar-refractivity contribution >= 4 is 12.0 Å². The van der Waals surface area contributed by atoms with Crippen molar-refractivity contribution in [1.82, 2.24) is 9.80 Å². The normalized spacial score (nSPS) is 20.3. The molecule has 1 aliphatic carbocycles. The number of carbonyl (C=O) groups excluding carboxylic acids is 1. The van der Waals surface area contributed by atoms with Crippen molar-refractivity contribution in [3.63, 3.8) is 0 Å². The van der Waals surface area contributed by atoms with Gasteiger partial charge >= 0.3 is 0 Å². The summed E-state index contributed by atoms with van der Waals surface area (Å²) in [5.41, 5.74) is 4.79. The molecule has 140 valence electrons. The Balaban J connectivity index is 1.41. The summed E-state index contributed by atoms with van der Waals surface area (Å²) in [4.78, 5) is 17.5. The Morgan fingerprint density at radius 3 is 2.41 bits per heavy atom. The molecule has 0 spiro atoms. The fourth-order valence-corrected chi connectivity index (χ4v) is 4.56. The Hall–Kier alpha value is -2.39. The van der Waals surface area contributed by atoms with Crippen LogP contribution < -0.4 is 0 Å². The number of likely N-dealkylation sites (N-methyl/N-ethyl adjacent to an activating group) is 1. The van der Waals surface area contributed by atoms with Crippen LogP contribution >= 0.6 is 0 Å². The lowest BCUT2D eigenvalue weighted by Gasteiger charge is -2.40. The number of nitrogens with zero attached hydrogens (tertiary/aromatic N) is 2. The van der Waals surface area contributed by atoms with E-state index in [0.717, 1.165) is 49.9 Å². The fourth-order valence-electron chi connectivity index (χ4n) is 4.56. The third kappa shape index (κ3) is 3.70. The molecule has 1 aliphatic heterocycles. The molecule has 2 aromatic rings. The molecule has 2 aliphatic rings. The highest BCUT2D eigenvalue weighted by molar-refractivity contribution is 5.94. The quantitative estimate of drug-likeness (QED) is 0.822. The maximum atomic E-state index is 12.9. The molecule has 1 atom stereocenters. The number of benzene rings is 2. The summed E-state index contributed by atoms with van der Waals surface area (Å²) in [6, 6.07) is 17.4. The minimum atomic E-state index is 0.118. The van der Waals surface area contributed by atoms with Gasteiger partial charge in [-0.1, -0.05) is 49.1 Å². The number of fused-ring (bicyclic) bond motifs is 1. The topological polar surface area (TPSA) is 23.6 Å². The van der Waals surface area contributed by atoms with Gasteiger partial charge in [0.05, 0.1) is 0 Å². The minimum Gasteiger partial charge on any atom is -0.337 e. The average molecular weight is 361 g/mol. The number of hydrogen-bond acceptors (Lipinski definition) is 2. The minimum absolute atomic E-state index is 0.118. The van der Waals surface area contributed by atoms with E-state index in [1.165, 1.54) is 11.1 Å². The third-order valence-corrected chi connectivity index (χ3v) is 6.24. The van der Waals surface area contributed by atoms with E-state index in [2.05, 4.69) is 35.7 Å². The van der Waals surface area contributed by atoms with Crippen molar-refractivity contribution in [2.24, 2.45) is 0 Å². The number of carbonyl (C=O) groups is 1. The molecule has 0 saturated carbocycles. The van der Waals surface area contributed by atoms with E-state index in [0.29, 0.717) is 6.04 Å². The molecule has 1 amide bonds. The molecule has 4 rings (SSSR count). The van der Waals surface area contributed by atoms with Gasteiger partial charge in [-0.05, 0) is 61.1 Å². The van der Waals surface area contributed by atoms with Gasteiger partial charge in [-0.2, -0.15) is 0 Å². The standard InChI is InChI=1S/C24H28N2O/c1-3-18-10-12-19(13-11-18)24(27)25(2)22-9-6-14-26(17-22)23-15-20-7-4-5-8-21(20)16-23/h3-5,7-8,10-13,22-23H,1,6,9,14-17H2,2H3. The lowest BCUT2D eigenvalue weighted by molar-refractivity contribution is 0.0555. The van der Waals surface area contributed by atoms with Gasteiger partial charge in [0.1, 0.15) is 0 Å². The number of rotatable bonds is 4. The second-order valence-electron chi connectivity index (χ2n) is 7.86. The molecule has 1 fully saturated rings. The molecule has 3 nitrogen and oxygen atoms in total. The van der Waals surface area contributed by atoms with Crippen molar-refractivity contribution in [3.05, 3.63) is 77.4 Å². The van der Waals surface area contributed by atoms with Crippen LogP contribution in [0.5, 0.6) is 0 Å². The van der Waals surface area contributed by atoms with E-state index < -0.39 is 0 Å². The van der Waals surface area contributed by atoms with Gasteiger partial charge < -0.3 is 4.90 Å². The Morgan fingerprint density at radius 2 is 1.78 bits per heavy atom. The first-order valence-corrected chi connectivity index (χ1v) is 9.96. The predicted molar refractivity (Wildman–Crippen MR) is 111 cm³/mol. The first-order valence-electron chi connectivity index (χ1n) is 9.96. The molecular formula is C24H28N2O. The second kappa shape index (κ2) is 7.69. The molecule has 1 saturated heterocycles. The van der Waals surface area contributed by atoms with E-state index >= 15 is 0 Å². The summed E-state index contributed by atoms with van der Waals surface area (Å²) in [6.07, 6.45) is 6.33. The monoisotopic (exact) mass is 360 g/mol. The zero-order chi connectivity index (χ0) is 18.8. The number of amides is 1. The molecule has 1 heterocycles. The molecule has 2 aromatic carbocycles. The van der Waals surface area contributed by atoms with E-state index in [4.69, 9.17) is 0 Å². The zero-order valence-corrected chi connectivity index (χ0v) is 16.1. The zero-order valence-electron chi connectivity index (χ0n) is 16.1. The largest absolute Gasteiger partial charge is 0.337 e. The number of likely N-dealkylation sites (tertiary alicyclic amines) is 1. The van der Waals surface area contributed by atoms with Crippen LogP contribution in [-0.2, 0) is 12.8 Å². The average Bonchev–Trinajstić information content (AvgIpc) is 3.17. The Bertz CT molecular complexity index is 802. The lowest BCUT2D eigenvalue weighted by atomic mass is 10.0. The van der Waals surface area contributed by atoms with Gasteiger partial charge in [0.25, 0.3) is 5.91 Å². The first kappa shape index (κ1) is 18.0. The fraction of sp³-hybridized carbons (Fsp3) is 0.375. The Morgan fingerprint density at radius 1 is 1.11 bits per heavy atom. The highest BCUT2D eigenvalue weighted by Crippen LogP contribution is 2.28. The Labute approximate surface area is 162 Å². The van der Waals surface area contributed by atoms with Crippen LogP contribution in [0.4, 0.5) is 0 Å². The molecular weight excluding hydrogens is 332 g/mol. The first-order chi connectivity index (χ1) is 13.2. The maximum absolute atomic E-state index is 12.9. The molecule has 0 aromatic heterocycles. The van der Waals surface area contributed by atoms with Gasteiger partial charge in [0.2, 0.25) is 0 Å². The lowest BCUT2D eigenvalue weighted by Crippen LogP contribution is -2.51. The van der Waals surface area contributed by atoms with Crippen molar-refractivity contribution in [3.8, 4) is 0 Å². The van der Waals surface area contributed by atoms with Crippen LogP contribution in [-0.4, -0.2) is 47.9 Å². The molecule has 0 radical (unpaired) electrons. The van der Waals surface area contributed by atoms with Gasteiger partial charge in [-0.3, -0.25) is 9.69 Å². The summed E-state index contributed by atoms with van der Waals surface area (Å²) in [7, 11) is 1.96. The summed E-state index contributed by atoms with van der Waals surface area (Å²) >= 11 is 0. The van der Waals surface area contributed by atoms with Crippen LogP contribution in [0.3, 0.4) is 0 Å². The van der Waals surface area contributed by atoms with Gasteiger partial charge in [0, 0.05) is 31.2 Å². The van der Waals surface area contributed by atoms with Crippen molar-refractivity contribution in [2.45, 2.75) is 37.8 Å². The molecule has 27 heavy (non-hydrogen) atoms. The van der Waals surface area contributed by atoms with Crippen LogP contribution in [0, 0.1) is 0 Å². The van der Waals surface area contributed by atoms with Gasteiger partial charge in [-0.15, -0.1) is 0 Å². The van der Waals surface area contributed by atoms with E-state index in [1.807, 2.05) is 36.2 Å². The summed E-state index contributed by atoms with van der Waals surface area (Å²) in [5.74, 6) is 0.118. The predicted octanol–water partition coefficient (Wildman–Crippen LogP) is 4.03. The van der Waals surface area contributed by atoms with Gasteiger partial charge in [0.15, 0.2) is 0 Å². The highest BCUT2D eigenvalue weighted by atomic mass is 16.2. The summed E-state index contributed by atoms with van der Waals surface area (Å²) in [5, 5.41) is 0. The highest BCUT2D eigenvalue weighted by Gasteiger charge is 2.32.